The highest BCUT2D eigenvalue weighted by atomic mass is 35.5. The van der Waals surface area contributed by atoms with Crippen molar-refractivity contribution in [1.29, 1.82) is 0 Å². The van der Waals surface area contributed by atoms with Gasteiger partial charge in [0.25, 0.3) is 5.91 Å². The topological polar surface area (TPSA) is 54.5 Å². The summed E-state index contributed by atoms with van der Waals surface area (Å²) in [6.45, 7) is 0. The Morgan fingerprint density at radius 1 is 1.12 bits per heavy atom. The van der Waals surface area contributed by atoms with Crippen LogP contribution in [0.25, 0.3) is 0 Å². The van der Waals surface area contributed by atoms with Gasteiger partial charge in [0.1, 0.15) is 0 Å². The highest BCUT2D eigenvalue weighted by molar-refractivity contribution is 7.91. The van der Waals surface area contributed by atoms with Crippen molar-refractivity contribution in [3.8, 4) is 0 Å². The molecule has 1 aliphatic heterocycles. The molecule has 1 saturated carbocycles. The molecule has 1 unspecified atom stereocenters. The maximum absolute atomic E-state index is 12.9. The number of sulfone groups is 1. The third kappa shape index (κ3) is 2.93. The predicted octanol–water partition coefficient (Wildman–Crippen LogP) is 4.21. The molecule has 1 heterocycles. The van der Waals surface area contributed by atoms with Crippen LogP contribution < -0.4 is 0 Å². The monoisotopic (exact) mass is 389 g/mol. The molecule has 4 nitrogen and oxygen atoms in total. The van der Waals surface area contributed by atoms with Gasteiger partial charge in [0.2, 0.25) is 0 Å². The molecule has 1 amide bonds. The first kappa shape index (κ1) is 17.6. The van der Waals surface area contributed by atoms with E-state index < -0.39 is 15.9 Å². The van der Waals surface area contributed by atoms with Crippen LogP contribution in [0, 0.1) is 0 Å². The van der Waals surface area contributed by atoms with Crippen molar-refractivity contribution in [2.24, 2.45) is 0 Å². The second-order valence-corrected chi connectivity index (χ2v) is 9.58. The van der Waals surface area contributed by atoms with Gasteiger partial charge in [-0.2, -0.15) is 0 Å². The summed E-state index contributed by atoms with van der Waals surface area (Å²) in [5, 5.41) is 0.469. The molecule has 0 bridgehead atoms. The van der Waals surface area contributed by atoms with E-state index in [0.717, 1.165) is 0 Å². The van der Waals surface area contributed by atoms with Gasteiger partial charge in [-0.05, 0) is 60.2 Å². The van der Waals surface area contributed by atoms with Gasteiger partial charge in [-0.3, -0.25) is 4.79 Å². The molecule has 0 N–H and O–H groups in total. The fourth-order valence-electron chi connectivity index (χ4n) is 3.76. The number of fused-ring (bicyclic) bond motifs is 1. The Bertz CT molecular complexity index is 965. The van der Waals surface area contributed by atoms with Crippen LogP contribution in [0.4, 0.5) is 0 Å². The van der Waals surface area contributed by atoms with Gasteiger partial charge in [-0.25, -0.2) is 8.42 Å². The molecule has 26 heavy (non-hydrogen) atoms. The van der Waals surface area contributed by atoms with Crippen molar-refractivity contribution in [3.63, 3.8) is 0 Å². The van der Waals surface area contributed by atoms with Gasteiger partial charge in [0, 0.05) is 17.6 Å². The molecule has 0 radical (unpaired) electrons. The van der Waals surface area contributed by atoms with Crippen LogP contribution in [0.1, 0.15) is 52.7 Å². The van der Waals surface area contributed by atoms with Crippen LogP contribution in [0.3, 0.4) is 0 Å². The number of carbonyl (C=O) groups is 1. The second kappa shape index (κ2) is 6.39. The number of halogens is 1. The summed E-state index contributed by atoms with van der Waals surface area (Å²) >= 11 is 6.05. The first-order chi connectivity index (χ1) is 12.4. The second-order valence-electron chi connectivity index (χ2n) is 7.15. The Hall–Kier alpha value is -1.85. The number of carbonyl (C=O) groups excluding carboxylic acids is 1. The minimum atomic E-state index is -3.40. The van der Waals surface area contributed by atoms with E-state index in [4.69, 9.17) is 11.6 Å². The predicted molar refractivity (Wildman–Crippen MR) is 101 cm³/mol. The maximum Gasteiger partial charge on any atom is 0.254 e. The molecule has 136 valence electrons. The molecule has 1 aliphatic carbocycles. The Labute approximate surface area is 158 Å². The van der Waals surface area contributed by atoms with Gasteiger partial charge in [0.05, 0.1) is 16.7 Å². The van der Waals surface area contributed by atoms with E-state index >= 15 is 0 Å². The lowest BCUT2D eigenvalue weighted by Gasteiger charge is -2.27. The van der Waals surface area contributed by atoms with Crippen LogP contribution in [0.5, 0.6) is 0 Å². The van der Waals surface area contributed by atoms with E-state index in [2.05, 4.69) is 0 Å². The van der Waals surface area contributed by atoms with Gasteiger partial charge in [-0.1, -0.05) is 30.2 Å². The van der Waals surface area contributed by atoms with Crippen molar-refractivity contribution in [1.82, 2.24) is 4.90 Å². The maximum atomic E-state index is 12.9. The normalized spacial score (nSPS) is 21.1. The summed E-state index contributed by atoms with van der Waals surface area (Å²) in [5.41, 5.74) is 2.44. The molecule has 2 aromatic rings. The molecular weight excluding hydrogens is 370 g/mol. The van der Waals surface area contributed by atoms with E-state index in [9.17, 15) is 13.2 Å². The zero-order valence-corrected chi connectivity index (χ0v) is 16.1. The number of hydrogen-bond donors (Lipinski definition) is 0. The summed E-state index contributed by atoms with van der Waals surface area (Å²) in [7, 11) is -1.75. The van der Waals surface area contributed by atoms with Crippen molar-refractivity contribution >= 4 is 27.3 Å². The number of nitrogens with zero attached hydrogens (tertiary/aromatic N) is 1. The van der Waals surface area contributed by atoms with Gasteiger partial charge < -0.3 is 4.90 Å². The van der Waals surface area contributed by atoms with E-state index in [-0.39, 0.29) is 16.6 Å². The average molecular weight is 390 g/mol. The first-order valence-corrected chi connectivity index (χ1v) is 10.8. The number of amides is 1. The molecule has 0 spiro atoms. The lowest BCUT2D eigenvalue weighted by Crippen LogP contribution is -2.32. The Morgan fingerprint density at radius 2 is 1.81 bits per heavy atom. The standard InChI is InChI=1S/C20H20ClNO3S/c1-22(18-12-26(24,25)19-10-9-16(21)11-17(18)19)20(23)15-7-5-14(6-8-15)13-3-2-4-13/h5-11,13,18H,2-4,12H2,1H3. The fraction of sp³-hybridized carbons (Fsp3) is 0.350. The van der Waals surface area contributed by atoms with E-state index in [0.29, 0.717) is 22.1 Å². The van der Waals surface area contributed by atoms with Crippen LogP contribution in [0.15, 0.2) is 47.4 Å². The minimum absolute atomic E-state index is 0.106. The molecule has 2 aliphatic rings. The van der Waals surface area contributed by atoms with Crippen LogP contribution in [-0.2, 0) is 9.84 Å². The van der Waals surface area contributed by atoms with Crippen molar-refractivity contribution in [2.75, 3.05) is 12.8 Å². The van der Waals surface area contributed by atoms with E-state index in [1.54, 1.807) is 19.2 Å². The summed E-state index contributed by atoms with van der Waals surface area (Å²) in [6.07, 6.45) is 3.70. The Morgan fingerprint density at radius 3 is 2.42 bits per heavy atom. The van der Waals surface area contributed by atoms with Crippen molar-refractivity contribution < 1.29 is 13.2 Å². The molecule has 2 aromatic carbocycles. The fourth-order valence-corrected chi connectivity index (χ4v) is 5.76. The van der Waals surface area contributed by atoms with E-state index in [1.165, 1.54) is 35.8 Å². The third-order valence-corrected chi connectivity index (χ3v) is 7.60. The lowest BCUT2D eigenvalue weighted by atomic mass is 9.80. The number of benzene rings is 2. The van der Waals surface area contributed by atoms with E-state index in [1.807, 2.05) is 24.3 Å². The molecule has 1 fully saturated rings. The zero-order valence-electron chi connectivity index (χ0n) is 14.5. The smallest absolute Gasteiger partial charge is 0.254 e. The number of rotatable bonds is 3. The molecule has 1 atom stereocenters. The zero-order chi connectivity index (χ0) is 18.5. The summed E-state index contributed by atoms with van der Waals surface area (Å²) in [5.74, 6) is 0.328. The van der Waals surface area contributed by atoms with Crippen molar-refractivity contribution in [3.05, 3.63) is 64.2 Å². The molecule has 6 heteroatoms. The highest BCUT2D eigenvalue weighted by Gasteiger charge is 2.38. The Kier molecular flexibility index (Phi) is 4.32. The lowest BCUT2D eigenvalue weighted by molar-refractivity contribution is 0.0746. The van der Waals surface area contributed by atoms with Crippen LogP contribution >= 0.6 is 11.6 Å². The van der Waals surface area contributed by atoms with Gasteiger partial charge in [0.15, 0.2) is 9.84 Å². The van der Waals surface area contributed by atoms with Gasteiger partial charge in [-0.15, -0.1) is 0 Å². The molecule has 0 saturated heterocycles. The van der Waals surface area contributed by atoms with Crippen LogP contribution in [-0.4, -0.2) is 32.0 Å². The van der Waals surface area contributed by atoms with Gasteiger partial charge >= 0.3 is 0 Å². The molecular formula is C20H20ClNO3S. The average Bonchev–Trinajstić information content (AvgIpc) is 2.83. The highest BCUT2D eigenvalue weighted by Crippen LogP contribution is 2.39. The Balaban J connectivity index is 1.60. The van der Waals surface area contributed by atoms with Crippen LogP contribution in [0.2, 0.25) is 5.02 Å². The SMILES string of the molecule is CN(C(=O)c1ccc(C2CCC2)cc1)C1CS(=O)(=O)c2ccc(Cl)cc21. The third-order valence-electron chi connectivity index (χ3n) is 5.57. The minimum Gasteiger partial charge on any atom is -0.334 e. The number of hydrogen-bond acceptors (Lipinski definition) is 3. The molecule has 0 aromatic heterocycles. The molecule has 4 rings (SSSR count). The first-order valence-electron chi connectivity index (χ1n) is 8.76. The summed E-state index contributed by atoms with van der Waals surface area (Å²) in [6, 6.07) is 11.9. The summed E-state index contributed by atoms with van der Waals surface area (Å²) in [4.78, 5) is 14.7. The van der Waals surface area contributed by atoms with Crippen molar-refractivity contribution in [2.45, 2.75) is 36.1 Å². The largest absolute Gasteiger partial charge is 0.334 e. The summed E-state index contributed by atoms with van der Waals surface area (Å²) < 4.78 is 24.8. The quantitative estimate of drug-likeness (QED) is 0.790.